The van der Waals surface area contributed by atoms with Crippen molar-refractivity contribution >= 4 is 15.9 Å². The lowest BCUT2D eigenvalue weighted by molar-refractivity contribution is -0.404. The lowest BCUT2D eigenvalue weighted by Gasteiger charge is -2.50. The van der Waals surface area contributed by atoms with Crippen LogP contribution in [0.15, 0.2) is 91.0 Å². The molecule has 6 nitrogen and oxygen atoms in total. The Morgan fingerprint density at radius 2 is 1.14 bits per heavy atom. The van der Waals surface area contributed by atoms with Gasteiger partial charge in [0, 0.05) is 0 Å². The molecule has 0 aromatic heterocycles. The van der Waals surface area contributed by atoms with E-state index in [2.05, 4.69) is 15.9 Å². The van der Waals surface area contributed by atoms with Crippen LogP contribution in [0.2, 0.25) is 0 Å². The highest BCUT2D eigenvalue weighted by atomic mass is 79.9. The van der Waals surface area contributed by atoms with Gasteiger partial charge in [-0.3, -0.25) is 0 Å². The maximum atomic E-state index is 14.9. The van der Waals surface area contributed by atoms with E-state index in [1.165, 1.54) is 0 Å². The van der Waals surface area contributed by atoms with Crippen molar-refractivity contribution < 1.29 is 37.9 Å². The zero-order valence-electron chi connectivity index (χ0n) is 20.0. The summed E-state index contributed by atoms with van der Waals surface area (Å²) in [6.07, 6.45) is -5.28. The molecule has 0 radical (unpaired) electrons. The van der Waals surface area contributed by atoms with Gasteiger partial charge in [-0.1, -0.05) is 91.0 Å². The summed E-state index contributed by atoms with van der Waals surface area (Å²) in [5.74, 6) is -3.16. The average molecular weight is 579 g/mol. The van der Waals surface area contributed by atoms with E-state index >= 15 is 0 Å². The summed E-state index contributed by atoms with van der Waals surface area (Å²) < 4.78 is 53.4. The molecule has 0 amide bonds. The van der Waals surface area contributed by atoms with Crippen LogP contribution in [0.3, 0.4) is 0 Å². The van der Waals surface area contributed by atoms with Crippen LogP contribution in [-0.4, -0.2) is 51.9 Å². The fraction of sp³-hybridized carbons (Fsp3) is 0.357. The van der Waals surface area contributed by atoms with Crippen molar-refractivity contribution in [3.8, 4) is 0 Å². The molecule has 3 aromatic rings. The number of halogens is 3. The van der Waals surface area contributed by atoms with Gasteiger partial charge in [0.1, 0.15) is 24.4 Å². The van der Waals surface area contributed by atoms with Crippen molar-refractivity contribution in [2.75, 3.05) is 6.61 Å². The second kappa shape index (κ2) is 12.5. The van der Waals surface area contributed by atoms with E-state index in [0.29, 0.717) is 5.56 Å². The Kier molecular flexibility index (Phi) is 9.41. The van der Waals surface area contributed by atoms with Crippen LogP contribution in [0, 0.1) is 0 Å². The zero-order chi connectivity index (χ0) is 26.3. The van der Waals surface area contributed by atoms with Gasteiger partial charge in [-0.25, -0.2) is 0 Å². The van der Waals surface area contributed by atoms with Crippen LogP contribution in [0.1, 0.15) is 16.7 Å². The van der Waals surface area contributed by atoms with Crippen molar-refractivity contribution in [2.45, 2.75) is 54.9 Å². The minimum absolute atomic E-state index is 0.0317. The third-order valence-electron chi connectivity index (χ3n) is 6.13. The summed E-state index contributed by atoms with van der Waals surface area (Å²) in [5.41, 5.74) is 2.32. The molecule has 1 aliphatic rings. The predicted molar refractivity (Wildman–Crippen MR) is 136 cm³/mol. The molecule has 37 heavy (non-hydrogen) atoms. The van der Waals surface area contributed by atoms with Gasteiger partial charge in [-0.05, 0) is 32.6 Å². The van der Waals surface area contributed by atoms with Gasteiger partial charge in [0.2, 0.25) is 0 Å². The largest absolute Gasteiger partial charge is 0.394 e. The molecule has 9 heteroatoms. The fourth-order valence-corrected chi connectivity index (χ4v) is 4.55. The van der Waals surface area contributed by atoms with Crippen molar-refractivity contribution in [3.05, 3.63) is 108 Å². The van der Waals surface area contributed by atoms with Crippen LogP contribution in [-0.2, 0) is 38.8 Å². The number of aliphatic hydroxyl groups excluding tert-OH is 1. The molecule has 4 rings (SSSR count). The number of hydrogen-bond donors (Lipinski definition) is 2. The zero-order valence-corrected chi connectivity index (χ0v) is 21.5. The Labute approximate surface area is 222 Å². The van der Waals surface area contributed by atoms with Crippen LogP contribution in [0.4, 0.5) is 8.78 Å². The quantitative estimate of drug-likeness (QED) is 0.318. The topological polar surface area (TPSA) is 77.4 Å². The van der Waals surface area contributed by atoms with Gasteiger partial charge in [-0.2, -0.15) is 8.78 Å². The molecule has 3 aromatic carbocycles. The number of benzene rings is 3. The van der Waals surface area contributed by atoms with Crippen LogP contribution in [0.5, 0.6) is 0 Å². The molecule has 198 valence electrons. The lowest BCUT2D eigenvalue weighted by Crippen LogP contribution is -2.71. The summed E-state index contributed by atoms with van der Waals surface area (Å²) in [7, 11) is 0. The maximum Gasteiger partial charge on any atom is 0.356 e. The molecule has 0 saturated carbocycles. The van der Waals surface area contributed by atoms with Crippen molar-refractivity contribution in [1.82, 2.24) is 0 Å². The van der Waals surface area contributed by atoms with E-state index in [4.69, 9.17) is 18.9 Å². The first-order valence-electron chi connectivity index (χ1n) is 11.9. The van der Waals surface area contributed by atoms with Crippen molar-refractivity contribution in [2.24, 2.45) is 0 Å². The number of aliphatic hydroxyl groups is 2. The Bertz CT molecular complexity index is 1090. The van der Waals surface area contributed by atoms with Crippen LogP contribution in [0.25, 0.3) is 0 Å². The van der Waals surface area contributed by atoms with Gasteiger partial charge in [-0.15, -0.1) is 0 Å². The maximum absolute atomic E-state index is 14.9. The van der Waals surface area contributed by atoms with Crippen LogP contribution >= 0.6 is 15.9 Å². The van der Waals surface area contributed by atoms with Gasteiger partial charge >= 0.3 is 4.83 Å². The molecule has 2 N–H and O–H groups in total. The van der Waals surface area contributed by atoms with E-state index in [1.54, 1.807) is 24.3 Å². The molecule has 0 spiro atoms. The lowest BCUT2D eigenvalue weighted by atomic mass is 9.91. The predicted octanol–water partition coefficient (Wildman–Crippen LogP) is 4.81. The Morgan fingerprint density at radius 3 is 1.54 bits per heavy atom. The summed E-state index contributed by atoms with van der Waals surface area (Å²) >= 11 is 2.27. The number of alkyl halides is 3. The normalized spacial score (nSPS) is 26.2. The highest BCUT2D eigenvalue weighted by molar-refractivity contribution is 9.10. The van der Waals surface area contributed by atoms with E-state index in [-0.39, 0.29) is 19.8 Å². The van der Waals surface area contributed by atoms with E-state index in [0.717, 1.165) is 11.1 Å². The minimum atomic E-state index is -3.94. The van der Waals surface area contributed by atoms with Gasteiger partial charge < -0.3 is 29.2 Å². The first-order chi connectivity index (χ1) is 17.8. The number of rotatable bonds is 11. The SMILES string of the molecule is OC[C@H]1O[C@@](O)(C(F)(F)Br)[C@H](OCc2ccccc2)[C@@H](OCc2ccccc2)[C@@H]1OCc1ccccc1. The van der Waals surface area contributed by atoms with Gasteiger partial charge in [0.05, 0.1) is 26.4 Å². The third-order valence-corrected chi connectivity index (χ3v) is 6.70. The Balaban J connectivity index is 1.67. The molecule has 0 aliphatic carbocycles. The summed E-state index contributed by atoms with van der Waals surface area (Å²) in [4.78, 5) is -3.94. The second-order valence-corrected chi connectivity index (χ2v) is 9.77. The highest BCUT2D eigenvalue weighted by Gasteiger charge is 2.67. The Morgan fingerprint density at radius 1 is 0.730 bits per heavy atom. The third kappa shape index (κ3) is 6.80. The number of hydrogen-bond acceptors (Lipinski definition) is 6. The van der Waals surface area contributed by atoms with Crippen molar-refractivity contribution in [1.29, 1.82) is 0 Å². The molecular weight excluding hydrogens is 550 g/mol. The van der Waals surface area contributed by atoms with Crippen LogP contribution < -0.4 is 0 Å². The first-order valence-corrected chi connectivity index (χ1v) is 12.7. The second-order valence-electron chi connectivity index (χ2n) is 8.77. The summed E-state index contributed by atoms with van der Waals surface area (Å²) in [6, 6.07) is 27.4. The number of ether oxygens (including phenoxy) is 4. The first kappa shape index (κ1) is 27.8. The summed E-state index contributed by atoms with van der Waals surface area (Å²) in [5, 5.41) is 21.3. The molecule has 1 aliphatic heterocycles. The monoisotopic (exact) mass is 578 g/mol. The average Bonchev–Trinajstić information content (AvgIpc) is 2.91. The molecule has 0 bridgehead atoms. The smallest absolute Gasteiger partial charge is 0.356 e. The molecule has 1 saturated heterocycles. The molecule has 0 unspecified atom stereocenters. The van der Waals surface area contributed by atoms with Gasteiger partial charge in [0.25, 0.3) is 5.79 Å². The fourth-order valence-electron chi connectivity index (χ4n) is 4.23. The molecule has 1 heterocycles. The Hall–Kier alpha value is -2.24. The summed E-state index contributed by atoms with van der Waals surface area (Å²) in [6.45, 7) is -0.656. The van der Waals surface area contributed by atoms with Gasteiger partial charge in [0.15, 0.2) is 0 Å². The van der Waals surface area contributed by atoms with Crippen molar-refractivity contribution in [3.63, 3.8) is 0 Å². The molecule has 1 fully saturated rings. The standard InChI is InChI=1S/C28H29BrF2O6/c29-28(30,31)27(33)26(36-19-22-14-8-3-9-15-22)25(35-18-21-12-6-2-7-13-21)24(23(16-32)37-27)34-17-20-10-4-1-5-11-20/h1-15,23-26,32-33H,16-19H2/t23-,24-,25+,26-,27-/m1/s1. The molecular formula is C28H29BrF2O6. The van der Waals surface area contributed by atoms with E-state index in [9.17, 15) is 19.0 Å². The van der Waals surface area contributed by atoms with E-state index in [1.807, 2.05) is 66.7 Å². The van der Waals surface area contributed by atoms with E-state index < -0.39 is 41.6 Å². The highest BCUT2D eigenvalue weighted by Crippen LogP contribution is 2.46. The molecule has 5 atom stereocenters. The minimum Gasteiger partial charge on any atom is -0.394 e.